The van der Waals surface area contributed by atoms with Gasteiger partial charge in [0.2, 0.25) is 0 Å². The quantitative estimate of drug-likeness (QED) is 0.332. The van der Waals surface area contributed by atoms with Crippen molar-refractivity contribution in [1.29, 1.82) is 0 Å². The third kappa shape index (κ3) is 5.02. The first kappa shape index (κ1) is 29.9. The molecule has 0 amide bonds. The summed E-state index contributed by atoms with van der Waals surface area (Å²) in [5.74, 6) is 0. The Hall–Kier alpha value is -2.03. The SMILES string of the molecule is Cc1ccc(-c2c(C)ccc(P3(O)(c4ccc(C)cc4C(C)(C)C)OC(C)O3)c2C(C)(C)C)c(C(C)(C)C)c1. The van der Waals surface area contributed by atoms with E-state index in [0.717, 1.165) is 27.3 Å². The van der Waals surface area contributed by atoms with E-state index in [1.165, 1.54) is 27.8 Å². The fourth-order valence-electron chi connectivity index (χ4n) is 6.14. The molecule has 1 N–H and O–H groups in total. The molecule has 1 heterocycles. The fourth-order valence-corrected chi connectivity index (χ4v) is 10.3. The number of aryl methyl sites for hydroxylation is 3. The van der Waals surface area contributed by atoms with E-state index in [1.54, 1.807) is 0 Å². The van der Waals surface area contributed by atoms with E-state index >= 15 is 0 Å². The van der Waals surface area contributed by atoms with Gasteiger partial charge >= 0.3 is 237 Å². The summed E-state index contributed by atoms with van der Waals surface area (Å²) >= 11 is 0. The average molecular weight is 549 g/mol. The maximum absolute atomic E-state index is 13.2. The maximum atomic E-state index is 13.2. The van der Waals surface area contributed by atoms with E-state index in [1.807, 2.05) is 13.0 Å². The Morgan fingerprint density at radius 2 is 1.13 bits per heavy atom. The van der Waals surface area contributed by atoms with E-state index in [4.69, 9.17) is 9.05 Å². The second kappa shape index (κ2) is 9.25. The summed E-state index contributed by atoms with van der Waals surface area (Å²) in [7, 11) is -4.47. The van der Waals surface area contributed by atoms with Crippen LogP contribution >= 0.6 is 7.28 Å². The molecule has 0 radical (unpaired) electrons. The molecule has 3 aromatic carbocycles. The Morgan fingerprint density at radius 3 is 1.62 bits per heavy atom. The van der Waals surface area contributed by atoms with Crippen molar-refractivity contribution in [2.24, 2.45) is 0 Å². The second-order valence-corrected chi connectivity index (χ2v) is 17.9. The topological polar surface area (TPSA) is 38.7 Å². The van der Waals surface area contributed by atoms with Gasteiger partial charge in [-0.25, -0.2) is 0 Å². The molecule has 0 bridgehead atoms. The summed E-state index contributed by atoms with van der Waals surface area (Å²) in [4.78, 5) is 13.2. The molecular formula is C35H49O3P. The molecule has 1 saturated heterocycles. The molecule has 1 aliphatic heterocycles. The van der Waals surface area contributed by atoms with Crippen molar-refractivity contribution in [1.82, 2.24) is 0 Å². The molecule has 3 aromatic rings. The Balaban J connectivity index is 2.20. The Morgan fingerprint density at radius 1 is 0.641 bits per heavy atom. The molecule has 39 heavy (non-hydrogen) atoms. The van der Waals surface area contributed by atoms with E-state index in [0.29, 0.717) is 0 Å². The Bertz CT molecular complexity index is 1420. The first-order valence-corrected chi connectivity index (χ1v) is 16.2. The molecule has 0 saturated carbocycles. The van der Waals surface area contributed by atoms with Crippen molar-refractivity contribution in [3.8, 4) is 11.1 Å². The van der Waals surface area contributed by atoms with Crippen LogP contribution in [0.15, 0.2) is 48.5 Å². The zero-order chi connectivity index (χ0) is 29.4. The van der Waals surface area contributed by atoms with Crippen molar-refractivity contribution in [3.05, 3.63) is 81.9 Å². The van der Waals surface area contributed by atoms with Crippen LogP contribution in [0.5, 0.6) is 0 Å². The molecule has 4 rings (SSSR count). The summed E-state index contributed by atoms with van der Waals surface area (Å²) in [6.07, 6.45) is -0.496. The van der Waals surface area contributed by atoms with Gasteiger partial charge in [0.25, 0.3) is 0 Å². The average Bonchev–Trinajstić information content (AvgIpc) is 2.76. The van der Waals surface area contributed by atoms with Crippen molar-refractivity contribution >= 4 is 17.9 Å². The predicted octanol–water partition coefficient (Wildman–Crippen LogP) is 8.81. The van der Waals surface area contributed by atoms with Gasteiger partial charge < -0.3 is 0 Å². The number of rotatable bonds is 3. The molecular weight excluding hydrogens is 499 g/mol. The van der Waals surface area contributed by atoms with Gasteiger partial charge in [0.1, 0.15) is 0 Å². The van der Waals surface area contributed by atoms with Crippen LogP contribution in [0.4, 0.5) is 0 Å². The van der Waals surface area contributed by atoms with E-state index < -0.39 is 13.6 Å². The predicted molar refractivity (Wildman–Crippen MR) is 169 cm³/mol. The van der Waals surface area contributed by atoms with Gasteiger partial charge in [0.15, 0.2) is 0 Å². The van der Waals surface area contributed by atoms with Crippen LogP contribution in [0, 0.1) is 20.8 Å². The van der Waals surface area contributed by atoms with Crippen molar-refractivity contribution < 1.29 is 13.9 Å². The van der Waals surface area contributed by atoms with Gasteiger partial charge in [-0.05, 0) is 0 Å². The van der Waals surface area contributed by atoms with Gasteiger partial charge in [-0.15, -0.1) is 0 Å². The standard InChI is InChI=1S/C35H49O3P/c1-22-14-17-26(27(20-22)33(5,6)7)31-24(3)16-19-30(32(31)35(11,12)13)39(36,37-25(4)38-39)29-18-15-23(2)21-28(29)34(8,9)10/h14-21,25,36H,1-13H3. The third-order valence-corrected chi connectivity index (χ3v) is 11.7. The van der Waals surface area contributed by atoms with Crippen molar-refractivity contribution in [2.75, 3.05) is 0 Å². The molecule has 4 heteroatoms. The van der Waals surface area contributed by atoms with Crippen molar-refractivity contribution in [2.45, 2.75) is 113 Å². The van der Waals surface area contributed by atoms with Crippen LogP contribution in [0.2, 0.25) is 0 Å². The van der Waals surface area contributed by atoms with Crippen LogP contribution in [-0.2, 0) is 25.3 Å². The molecule has 3 nitrogen and oxygen atoms in total. The molecule has 1 fully saturated rings. The molecule has 0 unspecified atom stereocenters. The molecule has 0 aliphatic carbocycles. The van der Waals surface area contributed by atoms with Crippen LogP contribution in [-0.4, -0.2) is 11.2 Å². The van der Waals surface area contributed by atoms with Crippen LogP contribution < -0.4 is 10.6 Å². The summed E-state index contributed by atoms with van der Waals surface area (Å²) in [5.41, 5.74) is 8.81. The van der Waals surface area contributed by atoms with Crippen LogP contribution in [0.3, 0.4) is 0 Å². The molecule has 0 aromatic heterocycles. The molecule has 1 aliphatic rings. The van der Waals surface area contributed by atoms with Crippen LogP contribution in [0.1, 0.15) is 103 Å². The third-order valence-electron chi connectivity index (χ3n) is 7.89. The minimum atomic E-state index is -4.47. The number of hydrogen-bond donors (Lipinski definition) is 1. The Kier molecular flexibility index (Phi) is 7.10. The first-order valence-electron chi connectivity index (χ1n) is 14.2. The summed E-state index contributed by atoms with van der Waals surface area (Å²) < 4.78 is 13.2. The molecule has 212 valence electrons. The monoisotopic (exact) mass is 548 g/mol. The second-order valence-electron chi connectivity index (χ2n) is 14.7. The van der Waals surface area contributed by atoms with Gasteiger partial charge in [-0.1, -0.05) is 0 Å². The van der Waals surface area contributed by atoms with Crippen molar-refractivity contribution in [3.63, 3.8) is 0 Å². The van der Waals surface area contributed by atoms with Gasteiger partial charge in [0.05, 0.1) is 0 Å². The number of benzene rings is 3. The summed E-state index contributed by atoms with van der Waals surface area (Å²) in [6, 6.07) is 17.3. The molecule has 0 atom stereocenters. The normalized spacial score (nSPS) is 20.2. The van der Waals surface area contributed by atoms with Crippen LogP contribution in [0.25, 0.3) is 11.1 Å². The van der Waals surface area contributed by atoms with E-state index in [-0.39, 0.29) is 16.2 Å². The summed E-state index contributed by atoms with van der Waals surface area (Å²) in [5, 5.41) is 1.56. The Labute approximate surface area is 237 Å². The van der Waals surface area contributed by atoms with Gasteiger partial charge in [-0.3, -0.25) is 0 Å². The minimum absolute atomic E-state index is 0.0569. The fraction of sp³-hybridized carbons (Fsp3) is 0.486. The summed E-state index contributed by atoms with van der Waals surface area (Å²) in [6.45, 7) is 28.3. The van der Waals surface area contributed by atoms with E-state index in [2.05, 4.69) is 126 Å². The number of hydrogen-bond acceptors (Lipinski definition) is 3. The molecule has 0 spiro atoms. The zero-order valence-electron chi connectivity index (χ0n) is 26.4. The van der Waals surface area contributed by atoms with E-state index in [9.17, 15) is 4.89 Å². The van der Waals surface area contributed by atoms with Gasteiger partial charge in [-0.2, -0.15) is 0 Å². The zero-order valence-corrected chi connectivity index (χ0v) is 27.3. The first-order chi connectivity index (χ1) is 17.7. The van der Waals surface area contributed by atoms with Gasteiger partial charge in [0, 0.05) is 0 Å².